The molecule has 2 amide bonds. The number of amides is 2. The summed E-state index contributed by atoms with van der Waals surface area (Å²) in [5, 5.41) is 8.58. The molecule has 0 unspecified atom stereocenters. The van der Waals surface area contributed by atoms with Crippen LogP contribution < -0.4 is 10.2 Å². The summed E-state index contributed by atoms with van der Waals surface area (Å²) in [5.74, 6) is 0.500. The minimum Gasteiger partial charge on any atom is -0.453 e. The minimum atomic E-state index is -0.562. The smallest absolute Gasteiger partial charge is 0.411 e. The Kier molecular flexibility index (Phi) is 4.94. The molecule has 2 aliphatic rings. The van der Waals surface area contributed by atoms with Gasteiger partial charge < -0.3 is 9.62 Å². The fourth-order valence-electron chi connectivity index (χ4n) is 3.09. The highest BCUT2D eigenvalue weighted by atomic mass is 17.2. The van der Waals surface area contributed by atoms with Gasteiger partial charge in [-0.2, -0.15) is 9.99 Å². The largest absolute Gasteiger partial charge is 0.453 e. The van der Waals surface area contributed by atoms with E-state index < -0.39 is 6.09 Å². The van der Waals surface area contributed by atoms with E-state index in [0.717, 1.165) is 29.7 Å². The quantitative estimate of drug-likeness (QED) is 0.824. The first-order chi connectivity index (χ1) is 13.6. The normalized spacial score (nSPS) is 15.3. The summed E-state index contributed by atoms with van der Waals surface area (Å²) >= 11 is 0. The highest BCUT2D eigenvalue weighted by Gasteiger charge is 2.22. The van der Waals surface area contributed by atoms with Crippen molar-refractivity contribution >= 4 is 23.4 Å². The fraction of sp³-hybridized carbons (Fsp3) is 0.250. The molecule has 2 heterocycles. The molecule has 144 valence electrons. The SMILES string of the molecule is COC(=O)Nc1ccc(C(=O)N2CCCC(c3ccc4c(c3)OOC4)=N2)cc1. The Morgan fingerprint density at radius 3 is 2.79 bits per heavy atom. The molecule has 8 heteroatoms. The molecule has 0 aliphatic carbocycles. The van der Waals surface area contributed by atoms with Crippen LogP contribution in [0.15, 0.2) is 47.6 Å². The Morgan fingerprint density at radius 2 is 2.00 bits per heavy atom. The summed E-state index contributed by atoms with van der Waals surface area (Å²) in [7, 11) is 1.29. The van der Waals surface area contributed by atoms with Crippen molar-refractivity contribution in [2.45, 2.75) is 19.4 Å². The maximum Gasteiger partial charge on any atom is 0.411 e. The summed E-state index contributed by atoms with van der Waals surface area (Å²) < 4.78 is 4.55. The van der Waals surface area contributed by atoms with E-state index in [0.29, 0.717) is 30.2 Å². The fourth-order valence-corrected chi connectivity index (χ4v) is 3.09. The van der Waals surface area contributed by atoms with Crippen molar-refractivity contribution in [1.29, 1.82) is 0 Å². The Balaban J connectivity index is 1.51. The molecule has 2 aromatic carbocycles. The van der Waals surface area contributed by atoms with Crippen molar-refractivity contribution in [2.24, 2.45) is 5.10 Å². The number of ether oxygens (including phenoxy) is 1. The molecule has 0 bridgehead atoms. The van der Waals surface area contributed by atoms with Crippen LogP contribution in [0, 0.1) is 0 Å². The van der Waals surface area contributed by atoms with Crippen LogP contribution in [0.5, 0.6) is 5.75 Å². The summed E-state index contributed by atoms with van der Waals surface area (Å²) in [6.07, 6.45) is 1.04. The van der Waals surface area contributed by atoms with Crippen molar-refractivity contribution in [3.05, 3.63) is 59.2 Å². The lowest BCUT2D eigenvalue weighted by Crippen LogP contribution is -2.32. The topological polar surface area (TPSA) is 89.5 Å². The second-order valence-corrected chi connectivity index (χ2v) is 6.44. The molecular formula is C20H19N3O5. The van der Waals surface area contributed by atoms with E-state index in [-0.39, 0.29) is 5.91 Å². The average molecular weight is 381 g/mol. The lowest BCUT2D eigenvalue weighted by molar-refractivity contribution is -0.194. The Bertz CT molecular complexity index is 939. The molecule has 0 saturated heterocycles. The van der Waals surface area contributed by atoms with Crippen LogP contribution in [-0.2, 0) is 16.2 Å². The van der Waals surface area contributed by atoms with Crippen LogP contribution in [0.4, 0.5) is 10.5 Å². The van der Waals surface area contributed by atoms with E-state index in [2.05, 4.69) is 15.2 Å². The van der Waals surface area contributed by atoms with Gasteiger partial charge in [0.25, 0.3) is 5.91 Å². The number of nitrogens with zero attached hydrogens (tertiary/aromatic N) is 2. The summed E-state index contributed by atoms with van der Waals surface area (Å²) in [6.45, 7) is 0.989. The van der Waals surface area contributed by atoms with E-state index >= 15 is 0 Å². The van der Waals surface area contributed by atoms with Crippen LogP contribution in [0.2, 0.25) is 0 Å². The molecule has 0 atom stereocenters. The number of benzene rings is 2. The number of rotatable bonds is 3. The molecule has 28 heavy (non-hydrogen) atoms. The number of carbonyl (C=O) groups excluding carboxylic acids is 2. The van der Waals surface area contributed by atoms with Gasteiger partial charge in [0.05, 0.1) is 12.8 Å². The number of anilines is 1. The predicted octanol–water partition coefficient (Wildman–Crippen LogP) is 3.33. The highest BCUT2D eigenvalue weighted by Crippen LogP contribution is 2.28. The molecule has 0 fully saturated rings. The summed E-state index contributed by atoms with van der Waals surface area (Å²) in [6, 6.07) is 12.4. The number of nitrogens with one attached hydrogen (secondary N) is 1. The first-order valence-corrected chi connectivity index (χ1v) is 8.91. The van der Waals surface area contributed by atoms with E-state index in [4.69, 9.17) is 9.78 Å². The van der Waals surface area contributed by atoms with Crippen LogP contribution in [0.25, 0.3) is 0 Å². The van der Waals surface area contributed by atoms with Crippen molar-refractivity contribution in [1.82, 2.24) is 5.01 Å². The van der Waals surface area contributed by atoms with E-state index in [1.807, 2.05) is 18.2 Å². The van der Waals surface area contributed by atoms with Crippen molar-refractivity contribution < 1.29 is 24.1 Å². The maximum atomic E-state index is 12.8. The van der Waals surface area contributed by atoms with Gasteiger partial charge in [0.1, 0.15) is 6.61 Å². The third kappa shape index (κ3) is 3.67. The molecular weight excluding hydrogens is 362 g/mol. The van der Waals surface area contributed by atoms with Crippen LogP contribution in [-0.4, -0.2) is 36.4 Å². The second-order valence-electron chi connectivity index (χ2n) is 6.44. The van der Waals surface area contributed by atoms with Crippen LogP contribution >= 0.6 is 0 Å². The average Bonchev–Trinajstić information content (AvgIpc) is 3.21. The third-order valence-corrected chi connectivity index (χ3v) is 4.59. The molecule has 1 N–H and O–H groups in total. The number of carbonyl (C=O) groups is 2. The second kappa shape index (κ2) is 7.69. The monoisotopic (exact) mass is 381 g/mol. The number of hydrazone groups is 1. The Labute approximate surface area is 161 Å². The van der Waals surface area contributed by atoms with E-state index in [1.54, 1.807) is 24.3 Å². The van der Waals surface area contributed by atoms with Gasteiger partial charge in [-0.1, -0.05) is 12.1 Å². The van der Waals surface area contributed by atoms with Gasteiger partial charge in [0.2, 0.25) is 0 Å². The highest BCUT2D eigenvalue weighted by molar-refractivity contribution is 6.03. The predicted molar refractivity (Wildman–Crippen MR) is 101 cm³/mol. The number of methoxy groups -OCH3 is 1. The molecule has 0 radical (unpaired) electrons. The molecule has 2 aliphatic heterocycles. The van der Waals surface area contributed by atoms with Crippen molar-refractivity contribution in [3.8, 4) is 5.75 Å². The molecule has 2 aromatic rings. The first kappa shape index (κ1) is 18.0. The lowest BCUT2D eigenvalue weighted by Gasteiger charge is -2.24. The lowest BCUT2D eigenvalue weighted by atomic mass is 10.0. The van der Waals surface area contributed by atoms with Crippen molar-refractivity contribution in [3.63, 3.8) is 0 Å². The molecule has 8 nitrogen and oxygen atoms in total. The van der Waals surface area contributed by atoms with Gasteiger partial charge in [-0.25, -0.2) is 9.80 Å². The van der Waals surface area contributed by atoms with Crippen LogP contribution in [0.3, 0.4) is 0 Å². The van der Waals surface area contributed by atoms with E-state index in [9.17, 15) is 9.59 Å². The number of hydrogen-bond acceptors (Lipinski definition) is 6. The van der Waals surface area contributed by atoms with Gasteiger partial charge in [0.15, 0.2) is 5.75 Å². The number of fused-ring (bicyclic) bond motifs is 1. The van der Waals surface area contributed by atoms with Crippen molar-refractivity contribution in [2.75, 3.05) is 19.0 Å². The first-order valence-electron chi connectivity index (χ1n) is 8.91. The van der Waals surface area contributed by atoms with Gasteiger partial charge >= 0.3 is 6.09 Å². The molecule has 4 rings (SSSR count). The Hall–Kier alpha value is -3.39. The molecule has 0 spiro atoms. The van der Waals surface area contributed by atoms with Gasteiger partial charge in [-0.15, -0.1) is 0 Å². The van der Waals surface area contributed by atoms with Gasteiger partial charge in [0, 0.05) is 28.9 Å². The molecule has 0 aromatic heterocycles. The Morgan fingerprint density at radius 1 is 1.18 bits per heavy atom. The summed E-state index contributed by atoms with van der Waals surface area (Å²) in [5.41, 5.74) is 3.78. The number of hydrogen-bond donors (Lipinski definition) is 1. The zero-order valence-electron chi connectivity index (χ0n) is 15.3. The molecule has 0 saturated carbocycles. The zero-order valence-corrected chi connectivity index (χ0v) is 15.3. The van der Waals surface area contributed by atoms with E-state index in [1.165, 1.54) is 12.1 Å². The standard InChI is InChI=1S/C20H19N3O5/c1-26-20(25)21-16-8-6-13(7-9-16)19(24)23-10-2-3-17(22-23)14-4-5-15-12-27-28-18(15)11-14/h4-9,11H,2-3,10,12H2,1H3,(H,21,25). The third-order valence-electron chi connectivity index (χ3n) is 4.59. The van der Waals surface area contributed by atoms with Crippen LogP contribution in [0.1, 0.15) is 34.3 Å². The van der Waals surface area contributed by atoms with Gasteiger partial charge in [-0.05, 0) is 43.2 Å². The van der Waals surface area contributed by atoms with Gasteiger partial charge in [-0.3, -0.25) is 10.1 Å². The minimum absolute atomic E-state index is 0.192. The summed E-state index contributed by atoms with van der Waals surface area (Å²) in [4.78, 5) is 34.2. The zero-order chi connectivity index (χ0) is 19.5. The maximum absolute atomic E-state index is 12.8.